The molecule has 6 heteroatoms. The van der Waals surface area contributed by atoms with Gasteiger partial charge in [-0.2, -0.15) is 0 Å². The van der Waals surface area contributed by atoms with Gasteiger partial charge >= 0.3 is 0 Å². The van der Waals surface area contributed by atoms with Crippen LogP contribution in [0.1, 0.15) is 34.3 Å². The normalized spacial score (nSPS) is 16.7. The van der Waals surface area contributed by atoms with Crippen LogP contribution in [-0.4, -0.2) is 57.7 Å². The predicted octanol–water partition coefficient (Wildman–Crippen LogP) is 3.05. The molecule has 2 N–H and O–H groups in total. The van der Waals surface area contributed by atoms with Crippen molar-refractivity contribution >= 4 is 16.9 Å². The van der Waals surface area contributed by atoms with Gasteiger partial charge in [-0.1, -0.05) is 12.1 Å². The molecule has 1 aromatic carbocycles. The van der Waals surface area contributed by atoms with Crippen LogP contribution in [0.15, 0.2) is 24.3 Å². The molecule has 0 bridgehead atoms. The average Bonchev–Trinajstić information content (AvgIpc) is 2.96. The summed E-state index contributed by atoms with van der Waals surface area (Å²) in [6.45, 7) is 12.3. The maximum Gasteiger partial charge on any atom is 0.225 e. The summed E-state index contributed by atoms with van der Waals surface area (Å²) in [5, 5.41) is 12.1. The van der Waals surface area contributed by atoms with Crippen molar-refractivity contribution in [3.63, 3.8) is 0 Å². The third-order valence-electron chi connectivity index (χ3n) is 5.58. The summed E-state index contributed by atoms with van der Waals surface area (Å²) in [6, 6.07) is 8.36. The number of piperazine rings is 1. The van der Waals surface area contributed by atoms with E-state index in [1.165, 1.54) is 5.56 Å². The number of aromatic amines is 1. The molecule has 0 unspecified atom stereocenters. The Morgan fingerprint density at radius 1 is 1.00 bits per heavy atom. The third kappa shape index (κ3) is 3.75. The van der Waals surface area contributed by atoms with Crippen LogP contribution in [-0.2, 0) is 0 Å². The number of hydrogen-bond donors (Lipinski definition) is 2. The molecule has 1 aliphatic rings. The van der Waals surface area contributed by atoms with Crippen molar-refractivity contribution in [1.29, 1.82) is 0 Å². The molecule has 4 rings (SSSR count). The zero-order valence-corrected chi connectivity index (χ0v) is 17.2. The van der Waals surface area contributed by atoms with Crippen LogP contribution in [0.25, 0.3) is 10.9 Å². The van der Waals surface area contributed by atoms with E-state index in [0.29, 0.717) is 6.54 Å². The molecule has 2 aromatic heterocycles. The van der Waals surface area contributed by atoms with E-state index < -0.39 is 6.10 Å². The standard InChI is InChI=1S/C22H29N5O/c1-14-5-6-18-19(11-14)25-17(4)21(18)20(28)13-26-7-9-27(10-8-26)22-23-15(2)12-16(3)24-22/h5-6,11-12,20,25,28H,7-10,13H2,1-4H3/t20-/m1/s1. The zero-order valence-electron chi connectivity index (χ0n) is 17.2. The number of rotatable bonds is 4. The lowest BCUT2D eigenvalue weighted by Crippen LogP contribution is -2.48. The SMILES string of the molecule is Cc1ccc2c([C@H](O)CN3CCN(c4nc(C)cc(C)n4)CC3)c(C)[nH]c2c1. The van der Waals surface area contributed by atoms with Crippen molar-refractivity contribution in [3.05, 3.63) is 52.5 Å². The minimum atomic E-state index is -0.500. The van der Waals surface area contributed by atoms with E-state index in [-0.39, 0.29) is 0 Å². The molecular formula is C22H29N5O. The molecule has 3 heterocycles. The number of fused-ring (bicyclic) bond motifs is 1. The van der Waals surface area contributed by atoms with Gasteiger partial charge in [-0.3, -0.25) is 4.90 Å². The maximum absolute atomic E-state index is 11.0. The van der Waals surface area contributed by atoms with Crippen LogP contribution >= 0.6 is 0 Å². The van der Waals surface area contributed by atoms with Gasteiger partial charge < -0.3 is 15.0 Å². The van der Waals surface area contributed by atoms with Crippen molar-refractivity contribution in [2.45, 2.75) is 33.8 Å². The second-order valence-corrected chi connectivity index (χ2v) is 7.97. The van der Waals surface area contributed by atoms with Crippen molar-refractivity contribution < 1.29 is 5.11 Å². The summed E-state index contributed by atoms with van der Waals surface area (Å²) in [5.41, 5.74) is 6.41. The highest BCUT2D eigenvalue weighted by molar-refractivity contribution is 5.85. The van der Waals surface area contributed by atoms with Crippen molar-refractivity contribution in [2.24, 2.45) is 0 Å². The summed E-state index contributed by atoms with van der Waals surface area (Å²) in [5.74, 6) is 0.820. The van der Waals surface area contributed by atoms with Crippen LogP contribution in [0, 0.1) is 27.7 Å². The molecule has 1 aliphatic heterocycles. The van der Waals surface area contributed by atoms with E-state index in [9.17, 15) is 5.11 Å². The van der Waals surface area contributed by atoms with Crippen molar-refractivity contribution in [3.8, 4) is 0 Å². The highest BCUT2D eigenvalue weighted by atomic mass is 16.3. The smallest absolute Gasteiger partial charge is 0.225 e. The number of benzene rings is 1. The van der Waals surface area contributed by atoms with Gasteiger partial charge in [0.05, 0.1) is 6.10 Å². The van der Waals surface area contributed by atoms with E-state index >= 15 is 0 Å². The van der Waals surface area contributed by atoms with Gasteiger partial charge in [-0.25, -0.2) is 9.97 Å². The van der Waals surface area contributed by atoms with Crippen LogP contribution < -0.4 is 4.90 Å². The Balaban J connectivity index is 1.43. The predicted molar refractivity (Wildman–Crippen MR) is 113 cm³/mol. The topological polar surface area (TPSA) is 68.3 Å². The Bertz CT molecular complexity index is 968. The molecule has 0 saturated carbocycles. The van der Waals surface area contributed by atoms with Gasteiger partial charge in [-0.15, -0.1) is 0 Å². The van der Waals surface area contributed by atoms with Gasteiger partial charge in [0.2, 0.25) is 5.95 Å². The molecule has 3 aromatic rings. The van der Waals surface area contributed by atoms with Gasteiger partial charge in [0, 0.05) is 66.3 Å². The second kappa shape index (κ2) is 7.53. The fourth-order valence-electron chi connectivity index (χ4n) is 4.21. The lowest BCUT2D eigenvalue weighted by molar-refractivity contribution is 0.110. The van der Waals surface area contributed by atoms with E-state index in [4.69, 9.17) is 0 Å². The van der Waals surface area contributed by atoms with Crippen LogP contribution in [0.2, 0.25) is 0 Å². The third-order valence-corrected chi connectivity index (χ3v) is 5.58. The Kier molecular flexibility index (Phi) is 5.08. The fraction of sp³-hybridized carbons (Fsp3) is 0.455. The molecular weight excluding hydrogens is 350 g/mol. The maximum atomic E-state index is 11.0. The zero-order chi connectivity index (χ0) is 19.8. The summed E-state index contributed by atoms with van der Waals surface area (Å²) >= 11 is 0. The molecule has 28 heavy (non-hydrogen) atoms. The first-order chi connectivity index (χ1) is 13.4. The number of anilines is 1. The molecule has 0 amide bonds. The number of nitrogens with one attached hydrogen (secondary N) is 1. The number of β-amino-alcohol motifs (C(OH)–C–C–N with tert-alkyl or cyclic N) is 1. The van der Waals surface area contributed by atoms with Crippen LogP contribution in [0.3, 0.4) is 0 Å². The molecule has 6 nitrogen and oxygen atoms in total. The summed E-state index contributed by atoms with van der Waals surface area (Å²) in [7, 11) is 0. The molecule has 1 saturated heterocycles. The molecule has 148 valence electrons. The highest BCUT2D eigenvalue weighted by Gasteiger charge is 2.24. The number of H-pyrrole nitrogens is 1. The first-order valence-corrected chi connectivity index (χ1v) is 9.97. The van der Waals surface area contributed by atoms with Gasteiger partial charge in [0.25, 0.3) is 0 Å². The monoisotopic (exact) mass is 379 g/mol. The average molecular weight is 380 g/mol. The molecule has 0 radical (unpaired) electrons. The lowest BCUT2D eigenvalue weighted by atomic mass is 10.0. The van der Waals surface area contributed by atoms with E-state index in [0.717, 1.165) is 65.7 Å². The Hall–Kier alpha value is -2.44. The Labute approximate surface area is 166 Å². The number of aryl methyl sites for hydroxylation is 4. The number of aliphatic hydroxyl groups excluding tert-OH is 1. The van der Waals surface area contributed by atoms with Crippen molar-refractivity contribution in [1.82, 2.24) is 19.9 Å². The molecule has 0 aliphatic carbocycles. The second-order valence-electron chi connectivity index (χ2n) is 7.97. The first-order valence-electron chi connectivity index (χ1n) is 9.97. The molecule has 0 spiro atoms. The summed E-state index contributed by atoms with van der Waals surface area (Å²) < 4.78 is 0. The van der Waals surface area contributed by atoms with Crippen LogP contribution in [0.5, 0.6) is 0 Å². The number of nitrogens with zero attached hydrogens (tertiary/aromatic N) is 4. The summed E-state index contributed by atoms with van der Waals surface area (Å²) in [4.78, 5) is 17.2. The minimum absolute atomic E-state index is 0.500. The number of aromatic nitrogens is 3. The number of aliphatic hydroxyl groups is 1. The van der Waals surface area contributed by atoms with Crippen molar-refractivity contribution in [2.75, 3.05) is 37.6 Å². The quantitative estimate of drug-likeness (QED) is 0.729. The molecule has 1 fully saturated rings. The fourth-order valence-corrected chi connectivity index (χ4v) is 4.21. The Morgan fingerprint density at radius 3 is 2.36 bits per heavy atom. The van der Waals surface area contributed by atoms with E-state index in [1.807, 2.05) is 26.8 Å². The van der Waals surface area contributed by atoms with E-state index in [1.54, 1.807) is 0 Å². The van der Waals surface area contributed by atoms with Gasteiger partial charge in [0.1, 0.15) is 0 Å². The lowest BCUT2D eigenvalue weighted by Gasteiger charge is -2.35. The number of hydrogen-bond acceptors (Lipinski definition) is 5. The first kappa shape index (κ1) is 18.9. The largest absolute Gasteiger partial charge is 0.387 e. The van der Waals surface area contributed by atoms with Gasteiger partial charge in [0.15, 0.2) is 0 Å². The summed E-state index contributed by atoms with van der Waals surface area (Å²) in [6.07, 6.45) is -0.500. The van der Waals surface area contributed by atoms with Gasteiger partial charge in [-0.05, 0) is 45.4 Å². The highest BCUT2D eigenvalue weighted by Crippen LogP contribution is 2.29. The Morgan fingerprint density at radius 2 is 1.68 bits per heavy atom. The van der Waals surface area contributed by atoms with Crippen LogP contribution in [0.4, 0.5) is 5.95 Å². The van der Waals surface area contributed by atoms with E-state index in [2.05, 4.69) is 49.9 Å². The minimum Gasteiger partial charge on any atom is -0.387 e. The molecule has 1 atom stereocenters.